The number of nitrogens with zero attached hydrogens (tertiary/aromatic N) is 5. The van der Waals surface area contributed by atoms with Crippen LogP contribution < -0.4 is 18.9 Å². The molecule has 2 amide bonds. The van der Waals surface area contributed by atoms with Gasteiger partial charge < -0.3 is 34.2 Å². The second kappa shape index (κ2) is 22.6. The second-order valence-electron chi connectivity index (χ2n) is 16.4. The Kier molecular flexibility index (Phi) is 16.0. The first kappa shape index (κ1) is 49.4. The molecule has 8 rings (SSSR count). The minimum atomic E-state index is -0.351. The fourth-order valence-corrected chi connectivity index (χ4v) is 8.85. The fraction of sp³-hybridized carbons (Fsp3) is 0.231. The number of pyridine rings is 2. The lowest BCUT2D eigenvalue weighted by Gasteiger charge is -2.27. The van der Waals surface area contributed by atoms with Crippen LogP contribution in [0.1, 0.15) is 79.8 Å². The molecule has 2 aromatic heterocycles. The summed E-state index contributed by atoms with van der Waals surface area (Å²) in [6.45, 7) is 1.05. The number of ketones is 2. The quantitative estimate of drug-likeness (QED) is 0.0910. The molecule has 2 aliphatic rings. The Bertz CT molecular complexity index is 3050. The number of rotatable bonds is 16. The van der Waals surface area contributed by atoms with Crippen LogP contribution in [0.3, 0.4) is 0 Å². The van der Waals surface area contributed by atoms with Crippen molar-refractivity contribution in [3.8, 4) is 40.2 Å². The zero-order valence-electron chi connectivity index (χ0n) is 37.3. The summed E-state index contributed by atoms with van der Waals surface area (Å²) < 4.78 is 24.9. The first-order valence-corrected chi connectivity index (χ1v) is 23.5. The lowest BCUT2D eigenvalue weighted by molar-refractivity contribution is -0.121. The van der Waals surface area contributed by atoms with Crippen LogP contribution in [0.25, 0.3) is 11.1 Å². The van der Waals surface area contributed by atoms with Gasteiger partial charge >= 0.3 is 0 Å². The highest BCUT2D eigenvalue weighted by molar-refractivity contribution is 6.37. The Balaban J connectivity index is 1.01. The Morgan fingerprint density at radius 3 is 1.50 bits per heavy atom. The van der Waals surface area contributed by atoms with Crippen molar-refractivity contribution in [1.82, 2.24) is 19.8 Å². The number of amides is 2. The molecule has 2 saturated heterocycles. The number of piperidine rings is 2. The largest absolute Gasteiger partial charge is 0.488 e. The maximum Gasteiger partial charge on any atom is 0.257 e. The summed E-state index contributed by atoms with van der Waals surface area (Å²) in [5, 5.41) is 18.0. The molecule has 356 valence electrons. The van der Waals surface area contributed by atoms with Gasteiger partial charge in [0.1, 0.15) is 67.1 Å². The minimum absolute atomic E-state index is 0.0124. The van der Waals surface area contributed by atoms with E-state index in [1.54, 1.807) is 58.7 Å². The van der Waals surface area contributed by atoms with Crippen molar-refractivity contribution in [3.05, 3.63) is 162 Å². The third-order valence-electron chi connectivity index (χ3n) is 11.7. The highest BCUT2D eigenvalue weighted by Crippen LogP contribution is 2.40. The highest BCUT2D eigenvalue weighted by atomic mass is 35.5. The fourth-order valence-electron chi connectivity index (χ4n) is 7.85. The van der Waals surface area contributed by atoms with Gasteiger partial charge in [0.15, 0.2) is 0 Å². The van der Waals surface area contributed by atoms with Crippen molar-refractivity contribution >= 4 is 76.0 Å². The smallest absolute Gasteiger partial charge is 0.257 e. The van der Waals surface area contributed by atoms with E-state index < -0.39 is 0 Å². The van der Waals surface area contributed by atoms with E-state index >= 15 is 0 Å². The number of likely N-dealkylation sites (tertiary alicyclic amines) is 2. The van der Waals surface area contributed by atoms with Crippen molar-refractivity contribution < 1.29 is 38.1 Å². The van der Waals surface area contributed by atoms with Gasteiger partial charge in [-0.2, -0.15) is 5.26 Å². The Labute approximate surface area is 423 Å². The van der Waals surface area contributed by atoms with Crippen LogP contribution in [0.15, 0.2) is 97.6 Å². The predicted molar refractivity (Wildman–Crippen MR) is 263 cm³/mol. The van der Waals surface area contributed by atoms with Gasteiger partial charge in [0, 0.05) is 134 Å². The standard InChI is InChI=1S/C52H42Cl4N6O8/c53-43-17-41(51(65)61-11-7-37(63)8-12-61)45(67-27-33-15-31(21-57)23-59-25-33)19-47(43)69-29-35-3-1-5-39(49(35)55)40-6-2-4-36(50(40)56)30-70-48-20-46(68-28-34-16-32(22-58)24-60-26-34)42(18-44(48)54)52(66)62-13-9-38(64)10-14-62/h1-6,15-21,23-26,57H,7-14,27-30H2. The molecule has 0 spiro atoms. The van der Waals surface area contributed by atoms with E-state index in [4.69, 9.17) is 70.8 Å². The number of hydrogen-bond donors (Lipinski definition) is 1. The molecule has 0 saturated carbocycles. The molecule has 0 unspecified atom stereocenters. The lowest BCUT2D eigenvalue weighted by atomic mass is 10.0. The first-order chi connectivity index (χ1) is 33.9. The van der Waals surface area contributed by atoms with Crippen LogP contribution in [-0.2, 0) is 36.0 Å². The average Bonchev–Trinajstić information content (AvgIpc) is 3.38. The topological polar surface area (TPSA) is 185 Å². The molecule has 2 aliphatic heterocycles. The van der Waals surface area contributed by atoms with Gasteiger partial charge in [-0.05, 0) is 24.3 Å². The van der Waals surface area contributed by atoms with Gasteiger partial charge in [0.05, 0.1) is 36.8 Å². The van der Waals surface area contributed by atoms with Crippen molar-refractivity contribution in [2.45, 2.75) is 52.1 Å². The van der Waals surface area contributed by atoms with E-state index in [1.807, 2.05) is 24.3 Å². The van der Waals surface area contributed by atoms with Crippen LogP contribution >= 0.6 is 46.4 Å². The predicted octanol–water partition coefficient (Wildman–Crippen LogP) is 10.6. The number of aromatic nitrogens is 2. The summed E-state index contributed by atoms with van der Waals surface area (Å²) >= 11 is 27.7. The SMILES string of the molecule is N#Cc1cncc(COc2cc(OCc3cccc(-c4cccc(COc5cc(OCc6cncc(C=N)c6)c(C(=O)N6CCC(=O)CC6)cc5Cl)c4Cl)c3Cl)c(Cl)cc2C(=O)N2CCC(=O)CC2)c1. The molecule has 0 bridgehead atoms. The van der Waals surface area contributed by atoms with Crippen molar-refractivity contribution in [1.29, 1.82) is 10.7 Å². The molecule has 0 atom stereocenters. The number of carbonyl (C=O) groups excluding carboxylic acids is 4. The third kappa shape index (κ3) is 11.7. The van der Waals surface area contributed by atoms with Gasteiger partial charge in [-0.1, -0.05) is 82.8 Å². The lowest BCUT2D eigenvalue weighted by Crippen LogP contribution is -2.38. The summed E-state index contributed by atoms with van der Waals surface area (Å²) in [4.78, 5) is 62.9. The zero-order chi connectivity index (χ0) is 49.3. The molecule has 6 aromatic rings. The highest BCUT2D eigenvalue weighted by Gasteiger charge is 2.28. The van der Waals surface area contributed by atoms with Gasteiger partial charge in [-0.25, -0.2) is 0 Å². The maximum atomic E-state index is 13.8. The normalized spacial score (nSPS) is 13.6. The summed E-state index contributed by atoms with van der Waals surface area (Å²) in [6, 6.07) is 22.4. The first-order valence-electron chi connectivity index (χ1n) is 22.0. The second-order valence-corrected chi connectivity index (χ2v) is 18.0. The van der Waals surface area contributed by atoms with Crippen molar-refractivity contribution in [2.24, 2.45) is 0 Å². The minimum Gasteiger partial charge on any atom is -0.488 e. The summed E-state index contributed by atoms with van der Waals surface area (Å²) in [7, 11) is 0. The molecule has 0 aliphatic carbocycles. The van der Waals surface area contributed by atoms with E-state index in [0.29, 0.717) is 54.6 Å². The number of halogens is 4. The molecular weight excluding hydrogens is 978 g/mol. The number of carbonyl (C=O) groups is 4. The van der Waals surface area contributed by atoms with Crippen LogP contribution in [0.5, 0.6) is 23.0 Å². The monoisotopic (exact) mass is 1020 g/mol. The summed E-state index contributed by atoms with van der Waals surface area (Å²) in [6.07, 6.45) is 8.37. The maximum absolute atomic E-state index is 13.8. The Hall–Kier alpha value is -7.02. The third-order valence-corrected chi connectivity index (χ3v) is 13.1. The van der Waals surface area contributed by atoms with Gasteiger partial charge in [0.25, 0.3) is 11.8 Å². The Morgan fingerprint density at radius 2 is 1.04 bits per heavy atom. The van der Waals surface area contributed by atoms with Crippen LogP contribution in [-0.4, -0.2) is 75.5 Å². The van der Waals surface area contributed by atoms with E-state index in [-0.39, 0.29) is 146 Å². The number of benzene rings is 4. The molecule has 4 aromatic carbocycles. The molecular formula is C52H42Cl4N6O8. The van der Waals surface area contributed by atoms with Gasteiger partial charge in [0.2, 0.25) is 0 Å². The van der Waals surface area contributed by atoms with E-state index in [0.717, 1.165) is 0 Å². The number of Topliss-reactive ketones (excluding diaryl/α,β-unsaturated/α-hetero) is 2. The van der Waals surface area contributed by atoms with Crippen LogP contribution in [0, 0.1) is 16.7 Å². The molecule has 0 radical (unpaired) electrons. The van der Waals surface area contributed by atoms with Crippen molar-refractivity contribution in [3.63, 3.8) is 0 Å². The number of ether oxygens (including phenoxy) is 4. The average molecular weight is 1020 g/mol. The molecule has 70 heavy (non-hydrogen) atoms. The molecule has 4 heterocycles. The number of nitriles is 1. The molecule has 1 N–H and O–H groups in total. The summed E-state index contributed by atoms with van der Waals surface area (Å²) in [5.74, 6) is 0.327. The number of hydrogen-bond acceptors (Lipinski definition) is 12. The van der Waals surface area contributed by atoms with E-state index in [9.17, 15) is 24.4 Å². The van der Waals surface area contributed by atoms with Crippen LogP contribution in [0.4, 0.5) is 0 Å². The van der Waals surface area contributed by atoms with E-state index in [1.165, 1.54) is 30.6 Å². The van der Waals surface area contributed by atoms with E-state index in [2.05, 4.69) is 16.0 Å². The Morgan fingerprint density at radius 1 is 0.600 bits per heavy atom. The molecule has 2 fully saturated rings. The molecule has 14 nitrogen and oxygen atoms in total. The molecule has 18 heteroatoms. The van der Waals surface area contributed by atoms with Crippen molar-refractivity contribution in [2.75, 3.05) is 26.2 Å². The van der Waals surface area contributed by atoms with Gasteiger partial charge in [-0.15, -0.1) is 0 Å². The summed E-state index contributed by atoms with van der Waals surface area (Å²) in [5.41, 5.74) is 5.02. The zero-order valence-corrected chi connectivity index (χ0v) is 40.3. The number of nitrogens with one attached hydrogen (secondary N) is 1. The van der Waals surface area contributed by atoms with Crippen LogP contribution in [0.2, 0.25) is 20.1 Å². The van der Waals surface area contributed by atoms with Gasteiger partial charge in [-0.3, -0.25) is 29.1 Å².